The van der Waals surface area contributed by atoms with E-state index in [1.165, 1.54) is 20.2 Å². The van der Waals surface area contributed by atoms with Gasteiger partial charge in [0.25, 0.3) is 0 Å². The highest BCUT2D eigenvalue weighted by molar-refractivity contribution is 5.76. The van der Waals surface area contributed by atoms with E-state index in [1.807, 2.05) is 0 Å². The summed E-state index contributed by atoms with van der Waals surface area (Å²) >= 11 is 0. The Bertz CT molecular complexity index is 575. The summed E-state index contributed by atoms with van der Waals surface area (Å²) in [5, 5.41) is 19.0. The number of nitrogens with two attached hydrogens (primary N) is 1. The van der Waals surface area contributed by atoms with Gasteiger partial charge >= 0.3 is 0 Å². The van der Waals surface area contributed by atoms with Crippen LogP contribution in [0.1, 0.15) is 18.7 Å². The number of methoxy groups -OCH3 is 1. The van der Waals surface area contributed by atoms with E-state index in [4.69, 9.17) is 10.5 Å². The van der Waals surface area contributed by atoms with Gasteiger partial charge in [0.2, 0.25) is 11.8 Å². The number of aliphatic hydroxyl groups is 2. The summed E-state index contributed by atoms with van der Waals surface area (Å²) in [6.45, 7) is 1.45. The molecule has 2 rings (SSSR count). The number of nitrogen functional groups attached to an aromatic ring is 1. The van der Waals surface area contributed by atoms with Gasteiger partial charge in [-0.05, 0) is 6.92 Å². The topological polar surface area (TPSA) is 127 Å². The summed E-state index contributed by atoms with van der Waals surface area (Å²) in [6.07, 6.45) is -0.771. The van der Waals surface area contributed by atoms with Gasteiger partial charge in [0.15, 0.2) is 11.2 Å². The number of rotatable bonds is 3. The molecule has 2 atom stereocenters. The van der Waals surface area contributed by atoms with E-state index < -0.39 is 12.2 Å². The number of aromatic nitrogens is 4. The number of nitrogens with zero attached hydrogens (tertiary/aromatic N) is 4. The van der Waals surface area contributed by atoms with Crippen LogP contribution in [0, 0.1) is 0 Å². The summed E-state index contributed by atoms with van der Waals surface area (Å²) in [7, 11) is 1.42. The summed E-state index contributed by atoms with van der Waals surface area (Å²) in [6, 6.07) is 0. The van der Waals surface area contributed by atoms with Crippen LogP contribution in [-0.4, -0.2) is 43.4 Å². The second-order valence-corrected chi connectivity index (χ2v) is 3.74. The molecule has 96 valence electrons. The van der Waals surface area contributed by atoms with Gasteiger partial charge in [0, 0.05) is 0 Å². The van der Waals surface area contributed by atoms with Gasteiger partial charge in [-0.15, -0.1) is 0 Å². The van der Waals surface area contributed by atoms with Gasteiger partial charge in [-0.2, -0.15) is 9.97 Å². The van der Waals surface area contributed by atoms with Gasteiger partial charge < -0.3 is 20.7 Å². The molecule has 0 saturated carbocycles. The highest BCUT2D eigenvalue weighted by atomic mass is 16.5. The van der Waals surface area contributed by atoms with Crippen molar-refractivity contribution in [3.8, 4) is 5.88 Å². The Labute approximate surface area is 102 Å². The zero-order valence-electron chi connectivity index (χ0n) is 9.90. The van der Waals surface area contributed by atoms with Crippen LogP contribution in [0.5, 0.6) is 5.88 Å². The van der Waals surface area contributed by atoms with E-state index in [0.29, 0.717) is 0 Å². The van der Waals surface area contributed by atoms with Gasteiger partial charge in [-0.1, -0.05) is 0 Å². The van der Waals surface area contributed by atoms with E-state index in [-0.39, 0.29) is 28.7 Å². The smallest absolute Gasteiger partial charge is 0.246 e. The lowest BCUT2D eigenvalue weighted by molar-refractivity contribution is 0.0278. The standard InChI is InChI=1S/C10H13N5O3/c1-4(16)7(17)5-3-12-8-6(13-5)9(18-2)15-10(11)14-8/h3-4,7,16-17H,1-2H3,(H2,11,12,14,15). The van der Waals surface area contributed by atoms with Crippen molar-refractivity contribution in [1.29, 1.82) is 0 Å². The van der Waals surface area contributed by atoms with Gasteiger partial charge in [0.1, 0.15) is 6.10 Å². The average Bonchev–Trinajstić information content (AvgIpc) is 2.36. The van der Waals surface area contributed by atoms with E-state index in [2.05, 4.69) is 19.9 Å². The Kier molecular flexibility index (Phi) is 3.21. The number of ether oxygens (including phenoxy) is 1. The third-order valence-electron chi connectivity index (χ3n) is 2.36. The third kappa shape index (κ3) is 2.15. The predicted molar refractivity (Wildman–Crippen MR) is 62.7 cm³/mol. The Balaban J connectivity index is 2.60. The molecule has 4 N–H and O–H groups in total. The summed E-state index contributed by atoms with van der Waals surface area (Å²) in [4.78, 5) is 15.9. The fourth-order valence-electron chi connectivity index (χ4n) is 1.44. The molecule has 0 aliphatic carbocycles. The highest BCUT2D eigenvalue weighted by Crippen LogP contribution is 2.22. The minimum Gasteiger partial charge on any atom is -0.479 e. The van der Waals surface area contributed by atoms with E-state index in [9.17, 15) is 10.2 Å². The summed E-state index contributed by atoms with van der Waals surface area (Å²) in [5.41, 5.74) is 6.25. The first kappa shape index (κ1) is 12.4. The molecule has 0 spiro atoms. The first-order valence-electron chi connectivity index (χ1n) is 5.23. The quantitative estimate of drug-likeness (QED) is 0.661. The van der Waals surface area contributed by atoms with Crippen molar-refractivity contribution < 1.29 is 14.9 Å². The van der Waals surface area contributed by atoms with E-state index in [0.717, 1.165) is 0 Å². The molecule has 0 aromatic carbocycles. The van der Waals surface area contributed by atoms with Crippen LogP contribution in [-0.2, 0) is 0 Å². The van der Waals surface area contributed by atoms with Crippen LogP contribution in [0.2, 0.25) is 0 Å². The lowest BCUT2D eigenvalue weighted by atomic mass is 10.2. The Hall–Kier alpha value is -2.06. The molecule has 2 heterocycles. The number of hydrogen-bond donors (Lipinski definition) is 3. The molecule has 8 nitrogen and oxygen atoms in total. The van der Waals surface area contributed by atoms with Crippen LogP contribution < -0.4 is 10.5 Å². The fourth-order valence-corrected chi connectivity index (χ4v) is 1.44. The Morgan fingerprint density at radius 1 is 1.28 bits per heavy atom. The van der Waals surface area contributed by atoms with Crippen molar-refractivity contribution in [2.45, 2.75) is 19.1 Å². The molecule has 0 radical (unpaired) electrons. The summed E-state index contributed by atoms with van der Waals surface area (Å²) < 4.78 is 5.03. The normalized spacial score (nSPS) is 14.4. The predicted octanol–water partition coefficient (Wildman–Crippen LogP) is -0.575. The molecule has 8 heteroatoms. The van der Waals surface area contributed by atoms with Crippen molar-refractivity contribution in [2.24, 2.45) is 0 Å². The fraction of sp³-hybridized carbons (Fsp3) is 0.400. The van der Waals surface area contributed by atoms with Crippen LogP contribution in [0.15, 0.2) is 6.20 Å². The monoisotopic (exact) mass is 251 g/mol. The van der Waals surface area contributed by atoms with Crippen LogP contribution >= 0.6 is 0 Å². The van der Waals surface area contributed by atoms with Crippen molar-refractivity contribution in [1.82, 2.24) is 19.9 Å². The van der Waals surface area contributed by atoms with Crippen molar-refractivity contribution in [2.75, 3.05) is 12.8 Å². The number of hydrogen-bond acceptors (Lipinski definition) is 8. The average molecular weight is 251 g/mol. The Morgan fingerprint density at radius 2 is 2.00 bits per heavy atom. The van der Waals surface area contributed by atoms with Gasteiger partial charge in [-0.3, -0.25) is 0 Å². The zero-order chi connectivity index (χ0) is 13.3. The molecule has 2 aromatic heterocycles. The van der Waals surface area contributed by atoms with Crippen LogP contribution in [0.3, 0.4) is 0 Å². The molecule has 0 amide bonds. The first-order valence-corrected chi connectivity index (χ1v) is 5.23. The maximum absolute atomic E-state index is 9.72. The largest absolute Gasteiger partial charge is 0.479 e. The van der Waals surface area contributed by atoms with Gasteiger partial charge in [0.05, 0.1) is 25.1 Å². The van der Waals surface area contributed by atoms with Crippen molar-refractivity contribution in [3.05, 3.63) is 11.9 Å². The highest BCUT2D eigenvalue weighted by Gasteiger charge is 2.18. The maximum Gasteiger partial charge on any atom is 0.246 e. The van der Waals surface area contributed by atoms with E-state index >= 15 is 0 Å². The zero-order valence-corrected chi connectivity index (χ0v) is 9.90. The molecular weight excluding hydrogens is 238 g/mol. The molecule has 0 fully saturated rings. The van der Waals surface area contributed by atoms with Crippen molar-refractivity contribution in [3.63, 3.8) is 0 Å². The lowest BCUT2D eigenvalue weighted by Gasteiger charge is -2.13. The molecule has 0 aliphatic heterocycles. The maximum atomic E-state index is 9.72. The molecule has 0 aliphatic rings. The minimum absolute atomic E-state index is 0.0254. The summed E-state index contributed by atoms with van der Waals surface area (Å²) in [5.74, 6) is 0.196. The molecule has 0 bridgehead atoms. The molecule has 2 aromatic rings. The van der Waals surface area contributed by atoms with Gasteiger partial charge in [-0.25, -0.2) is 9.97 Å². The molecule has 18 heavy (non-hydrogen) atoms. The van der Waals surface area contributed by atoms with Crippen molar-refractivity contribution >= 4 is 17.1 Å². The van der Waals surface area contributed by atoms with E-state index in [1.54, 1.807) is 0 Å². The molecular formula is C10H13N5O3. The minimum atomic E-state index is -1.14. The Morgan fingerprint density at radius 3 is 2.61 bits per heavy atom. The second kappa shape index (κ2) is 4.67. The number of anilines is 1. The lowest BCUT2D eigenvalue weighted by Crippen LogP contribution is -2.16. The molecule has 2 unspecified atom stereocenters. The third-order valence-corrected chi connectivity index (χ3v) is 2.36. The van der Waals surface area contributed by atoms with Crippen LogP contribution in [0.25, 0.3) is 11.2 Å². The first-order chi connectivity index (χ1) is 8.52. The van der Waals surface area contributed by atoms with Crippen LogP contribution in [0.4, 0.5) is 5.95 Å². The number of fused-ring (bicyclic) bond motifs is 1. The number of aliphatic hydroxyl groups excluding tert-OH is 2. The SMILES string of the molecule is COc1nc(N)nc2ncc(C(O)C(C)O)nc12. The molecule has 0 saturated heterocycles. The second-order valence-electron chi connectivity index (χ2n) is 3.74.